The van der Waals surface area contributed by atoms with Crippen LogP contribution < -0.4 is 9.46 Å². The van der Waals surface area contributed by atoms with Crippen LogP contribution in [0, 0.1) is 0 Å². The summed E-state index contributed by atoms with van der Waals surface area (Å²) in [6.07, 6.45) is 0. The number of fused-ring (bicyclic) bond motifs is 1. The van der Waals surface area contributed by atoms with Crippen LogP contribution >= 0.6 is 27.9 Å². The number of nitrogens with one attached hydrogen (secondary N) is 1. The SMILES string of the molecule is COc1ccc2c(Br)ccc(CNSC(C)(C)C)c2c1. The van der Waals surface area contributed by atoms with Crippen molar-refractivity contribution in [3.63, 3.8) is 0 Å². The number of benzene rings is 2. The number of hydrogen-bond donors (Lipinski definition) is 1. The summed E-state index contributed by atoms with van der Waals surface area (Å²) >= 11 is 5.37. The van der Waals surface area contributed by atoms with Gasteiger partial charge in [0.25, 0.3) is 0 Å². The van der Waals surface area contributed by atoms with E-state index in [9.17, 15) is 0 Å². The number of hydrogen-bond acceptors (Lipinski definition) is 3. The average molecular weight is 354 g/mol. The maximum Gasteiger partial charge on any atom is 0.119 e. The Bertz CT molecular complexity index is 607. The molecule has 0 fully saturated rings. The van der Waals surface area contributed by atoms with Crippen LogP contribution in [0.4, 0.5) is 0 Å². The second kappa shape index (κ2) is 6.37. The van der Waals surface area contributed by atoms with Gasteiger partial charge in [0.1, 0.15) is 5.75 Å². The minimum absolute atomic E-state index is 0.211. The second-order valence-corrected chi connectivity index (χ2v) is 8.23. The Hall–Kier alpha value is -0.710. The van der Waals surface area contributed by atoms with E-state index in [1.165, 1.54) is 16.3 Å². The number of ether oxygens (including phenoxy) is 1. The van der Waals surface area contributed by atoms with E-state index in [0.29, 0.717) is 0 Å². The Balaban J connectivity index is 2.30. The van der Waals surface area contributed by atoms with Gasteiger partial charge >= 0.3 is 0 Å². The average Bonchev–Trinajstić information content (AvgIpc) is 2.39. The summed E-state index contributed by atoms with van der Waals surface area (Å²) in [5.41, 5.74) is 1.28. The molecule has 108 valence electrons. The summed E-state index contributed by atoms with van der Waals surface area (Å²) in [5, 5.41) is 2.44. The lowest BCUT2D eigenvalue weighted by Crippen LogP contribution is -2.16. The predicted molar refractivity (Wildman–Crippen MR) is 92.4 cm³/mol. The van der Waals surface area contributed by atoms with Crippen LogP contribution in [0.1, 0.15) is 26.3 Å². The Morgan fingerprint density at radius 2 is 1.90 bits per heavy atom. The van der Waals surface area contributed by atoms with Crippen molar-refractivity contribution < 1.29 is 4.74 Å². The van der Waals surface area contributed by atoms with Crippen molar-refractivity contribution in [2.24, 2.45) is 0 Å². The highest BCUT2D eigenvalue weighted by Gasteiger charge is 2.11. The molecule has 2 nitrogen and oxygen atoms in total. The van der Waals surface area contributed by atoms with Crippen LogP contribution in [0.25, 0.3) is 10.8 Å². The molecule has 0 radical (unpaired) electrons. The van der Waals surface area contributed by atoms with Gasteiger partial charge in [-0.05, 0) is 61.4 Å². The minimum atomic E-state index is 0.211. The van der Waals surface area contributed by atoms with Crippen molar-refractivity contribution in [1.82, 2.24) is 4.72 Å². The molecule has 2 aromatic rings. The Morgan fingerprint density at radius 1 is 1.15 bits per heavy atom. The third-order valence-corrected chi connectivity index (χ3v) is 4.49. The molecule has 0 bridgehead atoms. The molecule has 4 heteroatoms. The first-order valence-corrected chi connectivity index (χ1v) is 8.17. The quantitative estimate of drug-likeness (QED) is 0.768. The molecule has 0 saturated carbocycles. The van der Waals surface area contributed by atoms with Crippen molar-refractivity contribution in [3.05, 3.63) is 40.4 Å². The van der Waals surface area contributed by atoms with E-state index in [1.807, 2.05) is 6.07 Å². The maximum atomic E-state index is 5.33. The molecule has 0 aromatic heterocycles. The molecule has 0 aliphatic rings. The molecular formula is C16H20BrNOS. The van der Waals surface area contributed by atoms with E-state index in [0.717, 1.165) is 16.8 Å². The van der Waals surface area contributed by atoms with Gasteiger partial charge in [-0.25, -0.2) is 0 Å². The van der Waals surface area contributed by atoms with Gasteiger partial charge in [-0.1, -0.05) is 33.9 Å². The van der Waals surface area contributed by atoms with E-state index in [4.69, 9.17) is 4.74 Å². The zero-order valence-electron chi connectivity index (χ0n) is 12.3. The lowest BCUT2D eigenvalue weighted by atomic mass is 10.0. The van der Waals surface area contributed by atoms with Crippen LogP contribution in [0.15, 0.2) is 34.8 Å². The standard InChI is InChI=1S/C16H20BrNOS/c1-16(2,3)20-18-10-11-5-8-15(17)13-7-6-12(19-4)9-14(11)13/h5-9,18H,10H2,1-4H3. The van der Waals surface area contributed by atoms with Crippen LogP contribution in [0.3, 0.4) is 0 Å². The zero-order valence-corrected chi connectivity index (χ0v) is 14.7. The van der Waals surface area contributed by atoms with Crippen molar-refractivity contribution in [2.45, 2.75) is 32.1 Å². The summed E-state index contributed by atoms with van der Waals surface area (Å²) in [6, 6.07) is 10.4. The number of halogens is 1. The normalized spacial score (nSPS) is 11.8. The Kier molecular flexibility index (Phi) is 4.99. The molecule has 0 amide bonds. The van der Waals surface area contributed by atoms with Gasteiger partial charge in [-0.3, -0.25) is 4.72 Å². The number of methoxy groups -OCH3 is 1. The van der Waals surface area contributed by atoms with Crippen LogP contribution in [-0.2, 0) is 6.54 Å². The molecule has 0 aliphatic carbocycles. The first kappa shape index (κ1) is 15.7. The van der Waals surface area contributed by atoms with Crippen LogP contribution in [-0.4, -0.2) is 11.9 Å². The molecule has 20 heavy (non-hydrogen) atoms. The van der Waals surface area contributed by atoms with Gasteiger partial charge in [0.05, 0.1) is 7.11 Å². The first-order chi connectivity index (χ1) is 9.40. The maximum absolute atomic E-state index is 5.33. The fraction of sp³-hybridized carbons (Fsp3) is 0.375. The molecular weight excluding hydrogens is 334 g/mol. The largest absolute Gasteiger partial charge is 0.497 e. The Labute approximate surface area is 133 Å². The Morgan fingerprint density at radius 3 is 2.55 bits per heavy atom. The molecule has 0 spiro atoms. The lowest BCUT2D eigenvalue weighted by Gasteiger charge is -2.18. The van der Waals surface area contributed by atoms with E-state index in [-0.39, 0.29) is 4.75 Å². The molecule has 0 saturated heterocycles. The fourth-order valence-electron chi connectivity index (χ4n) is 1.96. The van der Waals surface area contributed by atoms with Crippen molar-refractivity contribution >= 4 is 38.7 Å². The van der Waals surface area contributed by atoms with Gasteiger partial charge in [-0.15, -0.1) is 0 Å². The van der Waals surface area contributed by atoms with E-state index in [1.54, 1.807) is 19.1 Å². The van der Waals surface area contributed by atoms with E-state index < -0.39 is 0 Å². The van der Waals surface area contributed by atoms with E-state index in [2.05, 4.69) is 65.7 Å². The molecule has 2 rings (SSSR count). The molecule has 1 N–H and O–H groups in total. The summed E-state index contributed by atoms with van der Waals surface area (Å²) in [7, 11) is 1.70. The first-order valence-electron chi connectivity index (χ1n) is 6.57. The lowest BCUT2D eigenvalue weighted by molar-refractivity contribution is 0.415. The van der Waals surface area contributed by atoms with Gasteiger partial charge < -0.3 is 4.74 Å². The molecule has 2 aromatic carbocycles. The van der Waals surface area contributed by atoms with Gasteiger partial charge in [-0.2, -0.15) is 0 Å². The van der Waals surface area contributed by atoms with Crippen LogP contribution in [0.5, 0.6) is 5.75 Å². The minimum Gasteiger partial charge on any atom is -0.497 e. The van der Waals surface area contributed by atoms with Crippen molar-refractivity contribution in [3.8, 4) is 5.75 Å². The fourth-order valence-corrected chi connectivity index (χ4v) is 3.10. The number of rotatable bonds is 4. The van der Waals surface area contributed by atoms with Gasteiger partial charge in [0.2, 0.25) is 0 Å². The monoisotopic (exact) mass is 353 g/mol. The van der Waals surface area contributed by atoms with Gasteiger partial charge in [0, 0.05) is 15.8 Å². The topological polar surface area (TPSA) is 21.3 Å². The third-order valence-electron chi connectivity index (χ3n) is 2.90. The third kappa shape index (κ3) is 3.90. The summed E-state index contributed by atoms with van der Waals surface area (Å²) in [6.45, 7) is 7.44. The molecule has 0 aliphatic heterocycles. The van der Waals surface area contributed by atoms with Crippen molar-refractivity contribution in [2.75, 3.05) is 7.11 Å². The second-order valence-electron chi connectivity index (χ2n) is 5.65. The summed E-state index contributed by atoms with van der Waals surface area (Å²) in [4.78, 5) is 0. The molecule has 0 atom stereocenters. The van der Waals surface area contributed by atoms with E-state index >= 15 is 0 Å². The molecule has 0 unspecified atom stereocenters. The molecule has 0 heterocycles. The van der Waals surface area contributed by atoms with Gasteiger partial charge in [0.15, 0.2) is 0 Å². The summed E-state index contributed by atoms with van der Waals surface area (Å²) in [5.74, 6) is 0.889. The zero-order chi connectivity index (χ0) is 14.8. The smallest absolute Gasteiger partial charge is 0.119 e. The summed E-state index contributed by atoms with van der Waals surface area (Å²) < 4.78 is 10.1. The highest BCUT2D eigenvalue weighted by molar-refractivity contribution is 9.10. The van der Waals surface area contributed by atoms with Crippen LogP contribution in [0.2, 0.25) is 0 Å². The predicted octanol–water partition coefficient (Wildman–Crippen LogP) is 5.15. The van der Waals surface area contributed by atoms with Crippen molar-refractivity contribution in [1.29, 1.82) is 0 Å². The highest BCUT2D eigenvalue weighted by Crippen LogP contribution is 2.30. The highest BCUT2D eigenvalue weighted by atomic mass is 79.9.